The van der Waals surface area contributed by atoms with Crippen molar-refractivity contribution in [3.8, 4) is 0 Å². The van der Waals surface area contributed by atoms with Gasteiger partial charge in [-0.05, 0) is 35.2 Å². The molecule has 6 heteroatoms. The van der Waals surface area contributed by atoms with Crippen LogP contribution in [-0.2, 0) is 11.3 Å². The molecule has 0 spiro atoms. The number of nitrogens with zero attached hydrogens (tertiary/aromatic N) is 1. The lowest BCUT2D eigenvalue weighted by Crippen LogP contribution is -2.22. The van der Waals surface area contributed by atoms with Crippen LogP contribution in [0.25, 0.3) is 6.08 Å². The quantitative estimate of drug-likeness (QED) is 0.826. The van der Waals surface area contributed by atoms with Gasteiger partial charge in [-0.1, -0.05) is 0 Å². The molecule has 0 radical (unpaired) electrons. The number of hydrogen-bond acceptors (Lipinski definition) is 4. The second kappa shape index (κ2) is 6.63. The van der Waals surface area contributed by atoms with E-state index in [-0.39, 0.29) is 5.91 Å². The third-order valence-corrected chi connectivity index (χ3v) is 3.39. The normalized spacial score (nSPS) is 10.6. The van der Waals surface area contributed by atoms with E-state index < -0.39 is 5.97 Å². The molecule has 2 N–H and O–H groups in total. The van der Waals surface area contributed by atoms with Gasteiger partial charge >= 0.3 is 5.97 Å². The van der Waals surface area contributed by atoms with E-state index in [1.165, 1.54) is 23.6 Å². The number of nitrogens with one attached hydrogen (secondary N) is 1. The number of pyridine rings is 1. The van der Waals surface area contributed by atoms with Crippen molar-refractivity contribution in [3.05, 3.63) is 58.1 Å². The van der Waals surface area contributed by atoms with Crippen LogP contribution in [0.4, 0.5) is 0 Å². The summed E-state index contributed by atoms with van der Waals surface area (Å²) in [7, 11) is 0. The van der Waals surface area contributed by atoms with Crippen LogP contribution in [0.2, 0.25) is 0 Å². The second-order valence-corrected chi connectivity index (χ2v) is 4.94. The Morgan fingerprint density at radius 2 is 2.30 bits per heavy atom. The highest BCUT2D eigenvalue weighted by Crippen LogP contribution is 2.16. The summed E-state index contributed by atoms with van der Waals surface area (Å²) in [5, 5.41) is 13.2. The number of carbonyl (C=O) groups excluding carboxylic acids is 1. The Hall–Kier alpha value is -2.47. The van der Waals surface area contributed by atoms with Gasteiger partial charge in [0, 0.05) is 23.3 Å². The van der Waals surface area contributed by atoms with Gasteiger partial charge in [-0.15, -0.1) is 11.3 Å². The van der Waals surface area contributed by atoms with E-state index in [0.717, 1.165) is 16.5 Å². The minimum atomic E-state index is -0.984. The van der Waals surface area contributed by atoms with Crippen LogP contribution in [-0.4, -0.2) is 22.0 Å². The SMILES string of the molecule is O=C(O)C=Cc1csc(CNC(=O)c2cccnc2)c1. The molecule has 0 bridgehead atoms. The number of amides is 1. The fourth-order valence-corrected chi connectivity index (χ4v) is 2.31. The van der Waals surface area contributed by atoms with Gasteiger partial charge in [0.2, 0.25) is 0 Å². The van der Waals surface area contributed by atoms with E-state index in [9.17, 15) is 9.59 Å². The van der Waals surface area contributed by atoms with Crippen molar-refractivity contribution < 1.29 is 14.7 Å². The van der Waals surface area contributed by atoms with Crippen molar-refractivity contribution in [2.75, 3.05) is 0 Å². The maximum Gasteiger partial charge on any atom is 0.328 e. The Morgan fingerprint density at radius 3 is 3.00 bits per heavy atom. The lowest BCUT2D eigenvalue weighted by atomic mass is 10.2. The number of carboxylic acid groups (broad SMARTS) is 1. The molecule has 0 aliphatic carbocycles. The highest BCUT2D eigenvalue weighted by Gasteiger charge is 2.05. The lowest BCUT2D eigenvalue weighted by Gasteiger charge is -2.02. The van der Waals surface area contributed by atoms with E-state index in [4.69, 9.17) is 5.11 Å². The summed E-state index contributed by atoms with van der Waals surface area (Å²) in [4.78, 5) is 27.0. The summed E-state index contributed by atoms with van der Waals surface area (Å²) in [5.74, 6) is -1.17. The zero-order chi connectivity index (χ0) is 14.4. The molecule has 2 rings (SSSR count). The van der Waals surface area contributed by atoms with Crippen molar-refractivity contribution in [1.29, 1.82) is 0 Å². The molecule has 2 aromatic heterocycles. The molecular weight excluding hydrogens is 276 g/mol. The first kappa shape index (κ1) is 14.0. The van der Waals surface area contributed by atoms with Gasteiger partial charge in [-0.2, -0.15) is 0 Å². The largest absolute Gasteiger partial charge is 0.478 e. The number of thiophene rings is 1. The minimum absolute atomic E-state index is 0.186. The van der Waals surface area contributed by atoms with Crippen LogP contribution >= 0.6 is 11.3 Å². The molecule has 0 unspecified atom stereocenters. The van der Waals surface area contributed by atoms with Gasteiger partial charge in [0.15, 0.2) is 0 Å². The fourth-order valence-electron chi connectivity index (χ4n) is 1.51. The number of carbonyl (C=O) groups is 2. The van der Waals surface area contributed by atoms with Crippen LogP contribution in [0, 0.1) is 0 Å². The third-order valence-electron chi connectivity index (χ3n) is 2.44. The number of aromatic nitrogens is 1. The molecule has 102 valence electrons. The van der Waals surface area contributed by atoms with Gasteiger partial charge in [0.25, 0.3) is 5.91 Å². The molecule has 0 aliphatic heterocycles. The number of hydrogen-bond donors (Lipinski definition) is 2. The topological polar surface area (TPSA) is 79.3 Å². The van der Waals surface area contributed by atoms with Crippen molar-refractivity contribution in [1.82, 2.24) is 10.3 Å². The summed E-state index contributed by atoms with van der Waals surface area (Å²) in [5.41, 5.74) is 1.32. The molecule has 1 amide bonds. The van der Waals surface area contributed by atoms with E-state index >= 15 is 0 Å². The van der Waals surface area contributed by atoms with Crippen molar-refractivity contribution >= 4 is 29.3 Å². The maximum absolute atomic E-state index is 11.8. The zero-order valence-electron chi connectivity index (χ0n) is 10.4. The minimum Gasteiger partial charge on any atom is -0.478 e. The molecule has 5 nitrogen and oxygen atoms in total. The number of rotatable bonds is 5. The Bertz CT molecular complexity index is 635. The van der Waals surface area contributed by atoms with Gasteiger partial charge in [-0.25, -0.2) is 4.79 Å². The molecule has 0 aromatic carbocycles. The summed E-state index contributed by atoms with van der Waals surface area (Å²) >= 11 is 1.46. The monoisotopic (exact) mass is 288 g/mol. The Balaban J connectivity index is 1.92. The van der Waals surface area contributed by atoms with Crippen LogP contribution in [0.15, 0.2) is 42.0 Å². The average molecular weight is 288 g/mol. The fraction of sp³-hybridized carbons (Fsp3) is 0.0714. The number of carboxylic acids is 1. The van der Waals surface area contributed by atoms with Crippen molar-refractivity contribution in [2.45, 2.75) is 6.54 Å². The van der Waals surface area contributed by atoms with E-state index in [1.54, 1.807) is 18.3 Å². The Morgan fingerprint density at radius 1 is 1.45 bits per heavy atom. The molecule has 0 saturated heterocycles. The highest BCUT2D eigenvalue weighted by atomic mass is 32.1. The second-order valence-electron chi connectivity index (χ2n) is 3.94. The smallest absolute Gasteiger partial charge is 0.328 e. The first-order valence-electron chi connectivity index (χ1n) is 5.82. The summed E-state index contributed by atoms with van der Waals surface area (Å²) in [6.45, 7) is 0.402. The average Bonchev–Trinajstić information content (AvgIpc) is 2.91. The Labute approximate surface area is 119 Å². The first-order valence-corrected chi connectivity index (χ1v) is 6.70. The molecule has 0 fully saturated rings. The molecule has 2 aromatic rings. The van der Waals surface area contributed by atoms with Crippen molar-refractivity contribution in [2.24, 2.45) is 0 Å². The number of aliphatic carboxylic acids is 1. The molecular formula is C14H12N2O3S. The summed E-state index contributed by atoms with van der Waals surface area (Å²) in [6.07, 6.45) is 5.72. The Kier molecular flexibility index (Phi) is 4.62. The molecule has 0 atom stereocenters. The van der Waals surface area contributed by atoms with Crippen LogP contribution in [0.5, 0.6) is 0 Å². The molecule has 2 heterocycles. The van der Waals surface area contributed by atoms with Gasteiger partial charge in [0.05, 0.1) is 12.1 Å². The predicted octanol–water partition coefficient (Wildman–Crippen LogP) is 2.17. The first-order chi connectivity index (χ1) is 9.65. The van der Waals surface area contributed by atoms with Gasteiger partial charge in [-0.3, -0.25) is 9.78 Å². The van der Waals surface area contributed by atoms with Crippen molar-refractivity contribution in [3.63, 3.8) is 0 Å². The van der Waals surface area contributed by atoms with Crippen LogP contribution in [0.3, 0.4) is 0 Å². The predicted molar refractivity (Wildman–Crippen MR) is 76.4 cm³/mol. The highest BCUT2D eigenvalue weighted by molar-refractivity contribution is 7.10. The molecule has 0 aliphatic rings. The summed E-state index contributed by atoms with van der Waals surface area (Å²) in [6, 6.07) is 5.24. The van der Waals surface area contributed by atoms with E-state index in [1.807, 2.05) is 11.4 Å². The lowest BCUT2D eigenvalue weighted by molar-refractivity contribution is -0.131. The van der Waals surface area contributed by atoms with Gasteiger partial charge < -0.3 is 10.4 Å². The van der Waals surface area contributed by atoms with Crippen LogP contribution < -0.4 is 5.32 Å². The van der Waals surface area contributed by atoms with E-state index in [0.29, 0.717) is 12.1 Å². The standard InChI is InChI=1S/C14H12N2O3S/c17-13(18)4-3-10-6-12(20-9-10)8-16-14(19)11-2-1-5-15-7-11/h1-7,9H,8H2,(H,16,19)(H,17,18). The molecule has 0 saturated carbocycles. The van der Waals surface area contributed by atoms with Crippen LogP contribution in [0.1, 0.15) is 20.8 Å². The van der Waals surface area contributed by atoms with E-state index in [2.05, 4.69) is 10.3 Å². The maximum atomic E-state index is 11.8. The molecule has 20 heavy (non-hydrogen) atoms. The third kappa shape index (κ3) is 4.03. The zero-order valence-corrected chi connectivity index (χ0v) is 11.3. The van der Waals surface area contributed by atoms with Gasteiger partial charge in [0.1, 0.15) is 0 Å². The summed E-state index contributed by atoms with van der Waals surface area (Å²) < 4.78 is 0.